The second-order valence-electron chi connectivity index (χ2n) is 4.99. The van der Waals surface area contributed by atoms with Crippen LogP contribution < -0.4 is 9.47 Å². The van der Waals surface area contributed by atoms with Crippen molar-refractivity contribution in [3.63, 3.8) is 0 Å². The minimum absolute atomic E-state index is 0.347. The molecule has 4 heteroatoms. The fourth-order valence-electron chi connectivity index (χ4n) is 2.13. The molecule has 0 aromatic heterocycles. The van der Waals surface area contributed by atoms with Gasteiger partial charge in [-0.2, -0.15) is 0 Å². The van der Waals surface area contributed by atoms with Crippen LogP contribution in [0.15, 0.2) is 54.6 Å². The number of carbonyl (C=O) groups is 1. The molecule has 2 rings (SSSR count). The van der Waals surface area contributed by atoms with E-state index in [0.717, 1.165) is 16.9 Å². The highest BCUT2D eigenvalue weighted by molar-refractivity contribution is 5.87. The van der Waals surface area contributed by atoms with Gasteiger partial charge in [-0.1, -0.05) is 30.3 Å². The topological polar surface area (TPSA) is 44.8 Å². The van der Waals surface area contributed by atoms with Crippen LogP contribution in [0, 0.1) is 0 Å². The van der Waals surface area contributed by atoms with Gasteiger partial charge in [-0.05, 0) is 43.7 Å². The van der Waals surface area contributed by atoms with Crippen LogP contribution in [0.2, 0.25) is 0 Å². The second kappa shape index (κ2) is 9.40. The van der Waals surface area contributed by atoms with Gasteiger partial charge in [0.1, 0.15) is 18.1 Å². The maximum absolute atomic E-state index is 11.5. The number of hydrogen-bond acceptors (Lipinski definition) is 4. The summed E-state index contributed by atoms with van der Waals surface area (Å²) >= 11 is 0. The summed E-state index contributed by atoms with van der Waals surface area (Å²) in [7, 11) is 0. The van der Waals surface area contributed by atoms with Gasteiger partial charge in [0.2, 0.25) is 0 Å². The van der Waals surface area contributed by atoms with E-state index in [9.17, 15) is 4.79 Å². The Kier molecular flexibility index (Phi) is 6.90. The van der Waals surface area contributed by atoms with Crippen LogP contribution in [0.1, 0.15) is 25.0 Å². The van der Waals surface area contributed by atoms with E-state index in [2.05, 4.69) is 0 Å². The summed E-state index contributed by atoms with van der Waals surface area (Å²) in [6.07, 6.45) is 3.07. The average molecular weight is 326 g/mol. The van der Waals surface area contributed by atoms with E-state index < -0.39 is 0 Å². The molecule has 0 fully saturated rings. The van der Waals surface area contributed by atoms with Crippen molar-refractivity contribution in [1.29, 1.82) is 0 Å². The number of esters is 1. The molecule has 4 nitrogen and oxygen atoms in total. The van der Waals surface area contributed by atoms with Crippen molar-refractivity contribution in [2.45, 2.75) is 20.5 Å². The first-order chi connectivity index (χ1) is 11.7. The third kappa shape index (κ3) is 5.47. The summed E-state index contributed by atoms with van der Waals surface area (Å²) in [6.45, 7) is 5.07. The SMILES string of the molecule is CCOC(=O)/C=C/c1cc(OCC)ccc1OCc1ccccc1. The molecule has 2 aromatic carbocycles. The molecule has 0 aliphatic carbocycles. The number of ether oxygens (including phenoxy) is 3. The Bertz CT molecular complexity index is 677. The van der Waals surface area contributed by atoms with Crippen molar-refractivity contribution in [3.05, 3.63) is 65.7 Å². The van der Waals surface area contributed by atoms with Gasteiger partial charge in [-0.25, -0.2) is 4.79 Å². The molecule has 2 aromatic rings. The second-order valence-corrected chi connectivity index (χ2v) is 4.99. The van der Waals surface area contributed by atoms with Crippen LogP contribution in [0.5, 0.6) is 11.5 Å². The molecule has 0 aliphatic rings. The molecule has 0 amide bonds. The molecule has 0 bridgehead atoms. The zero-order valence-electron chi connectivity index (χ0n) is 14.0. The van der Waals surface area contributed by atoms with Crippen LogP contribution in [-0.2, 0) is 16.1 Å². The lowest BCUT2D eigenvalue weighted by Crippen LogP contribution is -2.00. The Labute approximate surface area is 142 Å². The largest absolute Gasteiger partial charge is 0.494 e. The highest BCUT2D eigenvalue weighted by Gasteiger charge is 2.05. The van der Waals surface area contributed by atoms with E-state index in [1.807, 2.05) is 55.5 Å². The Morgan fingerprint density at radius 2 is 1.79 bits per heavy atom. The predicted molar refractivity (Wildman–Crippen MR) is 94.1 cm³/mol. The summed E-state index contributed by atoms with van der Waals surface area (Å²) < 4.78 is 16.3. The quantitative estimate of drug-likeness (QED) is 0.537. The van der Waals surface area contributed by atoms with Gasteiger partial charge in [0, 0.05) is 11.6 Å². The van der Waals surface area contributed by atoms with Gasteiger partial charge in [-0.3, -0.25) is 0 Å². The first-order valence-electron chi connectivity index (χ1n) is 8.01. The van der Waals surface area contributed by atoms with Crippen LogP contribution in [0.3, 0.4) is 0 Å². The maximum Gasteiger partial charge on any atom is 0.330 e. The average Bonchev–Trinajstić information content (AvgIpc) is 2.60. The predicted octanol–water partition coefficient (Wildman–Crippen LogP) is 4.24. The van der Waals surface area contributed by atoms with Crippen molar-refractivity contribution in [3.8, 4) is 11.5 Å². The van der Waals surface area contributed by atoms with Gasteiger partial charge in [0.15, 0.2) is 0 Å². The molecule has 0 spiro atoms. The van der Waals surface area contributed by atoms with Gasteiger partial charge < -0.3 is 14.2 Å². The molecule has 0 heterocycles. The third-order valence-electron chi connectivity index (χ3n) is 3.21. The molecule has 0 saturated carbocycles. The van der Waals surface area contributed by atoms with Gasteiger partial charge in [-0.15, -0.1) is 0 Å². The fraction of sp³-hybridized carbons (Fsp3) is 0.250. The Morgan fingerprint density at radius 1 is 1.00 bits per heavy atom. The van der Waals surface area contributed by atoms with Crippen molar-refractivity contribution >= 4 is 12.0 Å². The normalized spacial score (nSPS) is 10.6. The van der Waals surface area contributed by atoms with Gasteiger partial charge in [0.25, 0.3) is 0 Å². The van der Waals surface area contributed by atoms with E-state index in [4.69, 9.17) is 14.2 Å². The molecule has 0 N–H and O–H groups in total. The number of benzene rings is 2. The van der Waals surface area contributed by atoms with Crippen molar-refractivity contribution in [2.75, 3.05) is 13.2 Å². The molecule has 0 saturated heterocycles. The molecule has 0 radical (unpaired) electrons. The van der Waals surface area contributed by atoms with Crippen molar-refractivity contribution in [1.82, 2.24) is 0 Å². The molecular weight excluding hydrogens is 304 g/mol. The number of rotatable bonds is 8. The van der Waals surface area contributed by atoms with E-state index in [1.54, 1.807) is 13.0 Å². The molecule has 0 aliphatic heterocycles. The summed E-state index contributed by atoms with van der Waals surface area (Å²) in [4.78, 5) is 11.5. The smallest absolute Gasteiger partial charge is 0.330 e. The monoisotopic (exact) mass is 326 g/mol. The molecule has 24 heavy (non-hydrogen) atoms. The zero-order valence-corrected chi connectivity index (χ0v) is 14.0. The zero-order chi connectivity index (χ0) is 17.2. The Balaban J connectivity index is 2.17. The molecule has 0 atom stereocenters. The van der Waals surface area contributed by atoms with E-state index in [-0.39, 0.29) is 5.97 Å². The van der Waals surface area contributed by atoms with Gasteiger partial charge in [0.05, 0.1) is 13.2 Å². The van der Waals surface area contributed by atoms with E-state index >= 15 is 0 Å². The highest BCUT2D eigenvalue weighted by atomic mass is 16.5. The molecule has 126 valence electrons. The van der Waals surface area contributed by atoms with Crippen molar-refractivity contribution in [2.24, 2.45) is 0 Å². The highest BCUT2D eigenvalue weighted by Crippen LogP contribution is 2.26. The number of carbonyl (C=O) groups excluding carboxylic acids is 1. The molecule has 0 unspecified atom stereocenters. The van der Waals surface area contributed by atoms with E-state index in [0.29, 0.717) is 25.6 Å². The summed E-state index contributed by atoms with van der Waals surface area (Å²) in [5.74, 6) is 1.03. The lowest BCUT2D eigenvalue weighted by molar-refractivity contribution is -0.137. The van der Waals surface area contributed by atoms with Crippen molar-refractivity contribution < 1.29 is 19.0 Å². The Hall–Kier alpha value is -2.75. The molecular formula is C20H22O4. The fourth-order valence-corrected chi connectivity index (χ4v) is 2.13. The minimum Gasteiger partial charge on any atom is -0.494 e. The van der Waals surface area contributed by atoms with E-state index in [1.165, 1.54) is 6.08 Å². The van der Waals surface area contributed by atoms with Crippen LogP contribution in [0.25, 0.3) is 6.08 Å². The first kappa shape index (κ1) is 17.6. The Morgan fingerprint density at radius 3 is 2.50 bits per heavy atom. The lowest BCUT2D eigenvalue weighted by atomic mass is 10.1. The van der Waals surface area contributed by atoms with Gasteiger partial charge >= 0.3 is 5.97 Å². The van der Waals surface area contributed by atoms with Crippen LogP contribution in [-0.4, -0.2) is 19.2 Å². The standard InChI is InChI=1S/C20H22O4/c1-3-22-18-11-12-19(24-15-16-8-6-5-7-9-16)17(14-18)10-13-20(21)23-4-2/h5-14H,3-4,15H2,1-2H3/b13-10+. The third-order valence-corrected chi connectivity index (χ3v) is 3.21. The summed E-state index contributed by atoms with van der Waals surface area (Å²) in [6, 6.07) is 15.5. The first-order valence-corrected chi connectivity index (χ1v) is 8.01. The van der Waals surface area contributed by atoms with Crippen LogP contribution in [0.4, 0.5) is 0 Å². The minimum atomic E-state index is -0.381. The summed E-state index contributed by atoms with van der Waals surface area (Å²) in [5, 5.41) is 0. The maximum atomic E-state index is 11.5. The number of hydrogen-bond donors (Lipinski definition) is 0. The lowest BCUT2D eigenvalue weighted by Gasteiger charge is -2.11. The van der Waals surface area contributed by atoms with Crippen LogP contribution >= 0.6 is 0 Å². The summed E-state index contributed by atoms with van der Waals surface area (Å²) in [5.41, 5.74) is 1.84.